The van der Waals surface area contributed by atoms with E-state index in [1.165, 1.54) is 29.9 Å². The van der Waals surface area contributed by atoms with Gasteiger partial charge in [-0.1, -0.05) is 0 Å². The predicted octanol–water partition coefficient (Wildman–Crippen LogP) is 1.88. The van der Waals surface area contributed by atoms with Crippen molar-refractivity contribution < 1.29 is 8.42 Å². The highest BCUT2D eigenvalue weighted by Gasteiger charge is 2.31. The molecule has 0 unspecified atom stereocenters. The minimum Gasteiger partial charge on any atom is -0.338 e. The van der Waals surface area contributed by atoms with Crippen LogP contribution in [0.3, 0.4) is 0 Å². The van der Waals surface area contributed by atoms with Crippen LogP contribution in [0.25, 0.3) is 10.9 Å². The number of rotatable bonds is 5. The van der Waals surface area contributed by atoms with Crippen LogP contribution in [0.5, 0.6) is 0 Å². The maximum absolute atomic E-state index is 12.2. The molecule has 0 saturated carbocycles. The minimum absolute atomic E-state index is 0.195. The first-order valence-electron chi connectivity index (χ1n) is 8.52. The smallest absolute Gasteiger partial charge is 0.279 e. The van der Waals surface area contributed by atoms with Crippen LogP contribution in [0.15, 0.2) is 29.6 Å². The van der Waals surface area contributed by atoms with Crippen molar-refractivity contribution in [2.75, 3.05) is 14.1 Å². The van der Waals surface area contributed by atoms with E-state index in [1.807, 2.05) is 29.6 Å². The van der Waals surface area contributed by atoms with Crippen molar-refractivity contribution in [3.05, 3.63) is 52.2 Å². The van der Waals surface area contributed by atoms with Gasteiger partial charge in [0.25, 0.3) is 10.2 Å². The highest BCUT2D eigenvalue weighted by atomic mass is 32.2. The summed E-state index contributed by atoms with van der Waals surface area (Å²) >= 11 is 1.41. The van der Waals surface area contributed by atoms with E-state index in [0.29, 0.717) is 24.9 Å². The first-order chi connectivity index (χ1) is 12.9. The van der Waals surface area contributed by atoms with E-state index in [2.05, 4.69) is 19.7 Å². The quantitative estimate of drug-likeness (QED) is 0.707. The summed E-state index contributed by atoms with van der Waals surface area (Å²) in [6.45, 7) is 0.633. The zero-order valence-electron chi connectivity index (χ0n) is 15.0. The Morgan fingerprint density at radius 2 is 2.19 bits per heavy atom. The summed E-state index contributed by atoms with van der Waals surface area (Å²) in [4.78, 5) is 0. The van der Waals surface area contributed by atoms with Crippen LogP contribution < -0.4 is 4.72 Å². The summed E-state index contributed by atoms with van der Waals surface area (Å²) in [5.41, 5.74) is 4.86. The lowest BCUT2D eigenvalue weighted by atomic mass is 10.1. The molecule has 1 aliphatic rings. The van der Waals surface area contributed by atoms with Crippen LogP contribution >= 0.6 is 11.5 Å². The van der Waals surface area contributed by atoms with Crippen molar-refractivity contribution in [2.45, 2.75) is 25.4 Å². The standard InChI is InChI=1S/C18H19N5O2S2/c1-22(2)27(24,25)21-14-8-16-15-7-12(10-19)3-4-17(15)23(18(16)9-14)11-13-5-6-26-20-13/h3-7,14,21H,8-9,11H2,1-2H3/t14-/m1/s1. The summed E-state index contributed by atoms with van der Waals surface area (Å²) in [6, 6.07) is 9.68. The van der Waals surface area contributed by atoms with E-state index in [0.717, 1.165) is 27.9 Å². The van der Waals surface area contributed by atoms with Crippen LogP contribution in [-0.4, -0.2) is 41.8 Å². The molecule has 7 nitrogen and oxygen atoms in total. The Balaban J connectivity index is 1.76. The molecule has 1 atom stereocenters. The third kappa shape index (κ3) is 3.26. The lowest BCUT2D eigenvalue weighted by Crippen LogP contribution is -2.42. The molecule has 1 N–H and O–H groups in total. The topological polar surface area (TPSA) is 91.0 Å². The third-order valence-electron chi connectivity index (χ3n) is 4.91. The third-order valence-corrected chi connectivity index (χ3v) is 7.10. The summed E-state index contributed by atoms with van der Waals surface area (Å²) < 4.78 is 35.0. The van der Waals surface area contributed by atoms with Gasteiger partial charge in [0, 0.05) is 48.5 Å². The Kier molecular flexibility index (Phi) is 4.52. The molecule has 0 spiro atoms. The summed E-state index contributed by atoms with van der Waals surface area (Å²) in [6.07, 6.45) is 1.22. The fourth-order valence-corrected chi connectivity index (χ4v) is 4.95. The van der Waals surface area contributed by atoms with Gasteiger partial charge in [0.1, 0.15) is 0 Å². The minimum atomic E-state index is -3.50. The highest BCUT2D eigenvalue weighted by Crippen LogP contribution is 2.34. The zero-order valence-corrected chi connectivity index (χ0v) is 16.6. The second kappa shape index (κ2) is 6.73. The number of hydrogen-bond donors (Lipinski definition) is 1. The number of hydrogen-bond acceptors (Lipinski definition) is 5. The maximum atomic E-state index is 12.2. The fraction of sp³-hybridized carbons (Fsp3) is 0.333. The highest BCUT2D eigenvalue weighted by molar-refractivity contribution is 7.87. The summed E-state index contributed by atoms with van der Waals surface area (Å²) in [7, 11) is -0.464. The molecule has 9 heteroatoms. The van der Waals surface area contributed by atoms with Gasteiger partial charge in [-0.05, 0) is 47.8 Å². The van der Waals surface area contributed by atoms with Gasteiger partial charge < -0.3 is 4.57 Å². The Morgan fingerprint density at radius 3 is 2.85 bits per heavy atom. The maximum Gasteiger partial charge on any atom is 0.279 e. The molecule has 0 saturated heterocycles. The Bertz CT molecular complexity index is 1140. The van der Waals surface area contributed by atoms with Crippen molar-refractivity contribution in [3.63, 3.8) is 0 Å². The van der Waals surface area contributed by atoms with Gasteiger partial charge >= 0.3 is 0 Å². The van der Waals surface area contributed by atoms with Gasteiger partial charge in [-0.3, -0.25) is 0 Å². The van der Waals surface area contributed by atoms with Crippen molar-refractivity contribution in [1.29, 1.82) is 5.26 Å². The first kappa shape index (κ1) is 18.1. The van der Waals surface area contributed by atoms with E-state index < -0.39 is 10.2 Å². The van der Waals surface area contributed by atoms with Crippen molar-refractivity contribution in [2.24, 2.45) is 0 Å². The van der Waals surface area contributed by atoms with Gasteiger partial charge in [-0.2, -0.15) is 27.1 Å². The average Bonchev–Trinajstić information content (AvgIpc) is 3.33. The Hall–Kier alpha value is -2.25. The average molecular weight is 402 g/mol. The van der Waals surface area contributed by atoms with Crippen LogP contribution in [0.4, 0.5) is 0 Å². The number of fused-ring (bicyclic) bond motifs is 3. The second-order valence-corrected chi connectivity index (χ2v) is 9.44. The molecular formula is C18H19N5O2S2. The van der Waals surface area contributed by atoms with E-state index in [4.69, 9.17) is 0 Å². The molecule has 2 heterocycles. The monoisotopic (exact) mass is 401 g/mol. The van der Waals surface area contributed by atoms with Crippen molar-refractivity contribution in [1.82, 2.24) is 18.0 Å². The molecular weight excluding hydrogens is 382 g/mol. The molecule has 27 heavy (non-hydrogen) atoms. The molecule has 0 radical (unpaired) electrons. The fourth-order valence-electron chi connectivity index (χ4n) is 3.62. The lowest BCUT2D eigenvalue weighted by molar-refractivity contribution is 0.487. The Labute approximate surface area is 162 Å². The number of aromatic nitrogens is 2. The van der Waals surface area contributed by atoms with Gasteiger partial charge in [0.2, 0.25) is 0 Å². The number of nitriles is 1. The van der Waals surface area contributed by atoms with Crippen LogP contribution in [0, 0.1) is 11.3 Å². The number of nitrogens with zero attached hydrogens (tertiary/aromatic N) is 4. The van der Waals surface area contributed by atoms with Crippen LogP contribution in [0.1, 0.15) is 22.5 Å². The SMILES string of the molecule is CN(C)S(=O)(=O)N[C@@H]1Cc2c(n(Cc3ccsn3)c3ccc(C#N)cc23)C1. The summed E-state index contributed by atoms with van der Waals surface area (Å²) in [5.74, 6) is 0. The lowest BCUT2D eigenvalue weighted by Gasteiger charge is -2.18. The second-order valence-electron chi connectivity index (χ2n) is 6.86. The molecule has 0 fully saturated rings. The molecule has 4 rings (SSSR count). The molecule has 2 aromatic heterocycles. The largest absolute Gasteiger partial charge is 0.338 e. The molecule has 1 aliphatic carbocycles. The Morgan fingerprint density at radius 1 is 1.37 bits per heavy atom. The zero-order chi connectivity index (χ0) is 19.2. The molecule has 0 aliphatic heterocycles. The van der Waals surface area contributed by atoms with Gasteiger partial charge in [-0.15, -0.1) is 0 Å². The molecule has 0 bridgehead atoms. The molecule has 140 valence electrons. The van der Waals surface area contributed by atoms with Crippen molar-refractivity contribution in [3.8, 4) is 6.07 Å². The van der Waals surface area contributed by atoms with Crippen LogP contribution in [0.2, 0.25) is 0 Å². The normalized spacial score (nSPS) is 16.7. The molecule has 0 amide bonds. The van der Waals surface area contributed by atoms with Crippen LogP contribution in [-0.2, 0) is 29.6 Å². The van der Waals surface area contributed by atoms with E-state index in [-0.39, 0.29) is 6.04 Å². The van der Waals surface area contributed by atoms with E-state index >= 15 is 0 Å². The van der Waals surface area contributed by atoms with Gasteiger partial charge in [0.15, 0.2) is 0 Å². The van der Waals surface area contributed by atoms with E-state index in [9.17, 15) is 13.7 Å². The number of benzene rings is 1. The predicted molar refractivity (Wildman–Crippen MR) is 105 cm³/mol. The number of nitrogens with one attached hydrogen (secondary N) is 1. The van der Waals surface area contributed by atoms with Crippen molar-refractivity contribution >= 4 is 32.6 Å². The van der Waals surface area contributed by atoms with Gasteiger partial charge in [-0.25, -0.2) is 0 Å². The first-order valence-corrected chi connectivity index (χ1v) is 10.8. The van der Waals surface area contributed by atoms with E-state index in [1.54, 1.807) is 0 Å². The van der Waals surface area contributed by atoms with Gasteiger partial charge in [0.05, 0.1) is 23.9 Å². The molecule has 3 aromatic rings. The molecule has 1 aromatic carbocycles. The summed E-state index contributed by atoms with van der Waals surface area (Å²) in [5, 5.41) is 12.2.